The van der Waals surface area contributed by atoms with Crippen molar-refractivity contribution in [1.82, 2.24) is 0 Å². The third kappa shape index (κ3) is 2.65. The molecule has 1 aromatic rings. The van der Waals surface area contributed by atoms with Crippen molar-refractivity contribution < 1.29 is 0 Å². The molecule has 0 spiro atoms. The summed E-state index contributed by atoms with van der Waals surface area (Å²) in [6, 6.07) is 4.33. The molecule has 0 aliphatic carbocycles. The van der Waals surface area contributed by atoms with E-state index in [1.54, 1.807) is 0 Å². The van der Waals surface area contributed by atoms with Gasteiger partial charge in [-0.05, 0) is 31.6 Å². The van der Waals surface area contributed by atoms with E-state index < -0.39 is 0 Å². The standard InChI is InChI=1S/C10H13ClS/c1-3-9-4-5-10(12-9)6-8(2)7-11/h4-6H,3,7H2,1-2H3/b8-6-. The monoisotopic (exact) mass is 200 g/mol. The van der Waals surface area contributed by atoms with Gasteiger partial charge in [0, 0.05) is 15.6 Å². The molecule has 0 atom stereocenters. The van der Waals surface area contributed by atoms with Crippen LogP contribution in [0.25, 0.3) is 6.08 Å². The van der Waals surface area contributed by atoms with Gasteiger partial charge in [0.05, 0.1) is 0 Å². The Labute approximate surface area is 82.9 Å². The fourth-order valence-electron chi connectivity index (χ4n) is 0.944. The molecule has 0 nitrogen and oxygen atoms in total. The van der Waals surface area contributed by atoms with E-state index in [-0.39, 0.29) is 0 Å². The van der Waals surface area contributed by atoms with Gasteiger partial charge in [0.15, 0.2) is 0 Å². The Bertz CT molecular complexity index is 273. The molecule has 0 aromatic carbocycles. The second-order valence-electron chi connectivity index (χ2n) is 2.78. The molecule has 1 aromatic heterocycles. The van der Waals surface area contributed by atoms with Crippen LogP contribution < -0.4 is 0 Å². The Morgan fingerprint density at radius 1 is 1.58 bits per heavy atom. The summed E-state index contributed by atoms with van der Waals surface area (Å²) in [7, 11) is 0. The van der Waals surface area contributed by atoms with Gasteiger partial charge in [0.25, 0.3) is 0 Å². The number of aryl methyl sites for hydroxylation is 1. The van der Waals surface area contributed by atoms with Gasteiger partial charge in [-0.1, -0.05) is 12.5 Å². The van der Waals surface area contributed by atoms with Gasteiger partial charge in [0.1, 0.15) is 0 Å². The first kappa shape index (κ1) is 9.82. The Morgan fingerprint density at radius 2 is 2.33 bits per heavy atom. The first-order valence-electron chi connectivity index (χ1n) is 4.08. The SMILES string of the molecule is CCc1ccc(/C=C(/C)CCl)s1. The number of hydrogen-bond acceptors (Lipinski definition) is 1. The lowest BCUT2D eigenvalue weighted by Crippen LogP contribution is -1.73. The number of rotatable bonds is 3. The zero-order chi connectivity index (χ0) is 8.97. The van der Waals surface area contributed by atoms with Gasteiger partial charge in [-0.25, -0.2) is 0 Å². The van der Waals surface area contributed by atoms with E-state index in [1.807, 2.05) is 11.3 Å². The molecule has 0 saturated carbocycles. The highest BCUT2D eigenvalue weighted by molar-refractivity contribution is 7.12. The second-order valence-corrected chi connectivity index (χ2v) is 4.25. The highest BCUT2D eigenvalue weighted by Crippen LogP contribution is 2.19. The van der Waals surface area contributed by atoms with Crippen LogP contribution in [-0.2, 0) is 6.42 Å². The lowest BCUT2D eigenvalue weighted by atomic mass is 10.3. The van der Waals surface area contributed by atoms with Crippen molar-refractivity contribution >= 4 is 29.0 Å². The maximum Gasteiger partial charge on any atom is 0.0434 e. The summed E-state index contributed by atoms with van der Waals surface area (Å²) >= 11 is 7.52. The fourth-order valence-corrected chi connectivity index (χ4v) is 2.00. The first-order valence-corrected chi connectivity index (χ1v) is 5.43. The van der Waals surface area contributed by atoms with Crippen LogP contribution in [0.5, 0.6) is 0 Å². The molecule has 0 saturated heterocycles. The van der Waals surface area contributed by atoms with Crippen LogP contribution in [0.3, 0.4) is 0 Å². The maximum atomic E-state index is 5.68. The molecule has 0 aliphatic rings. The van der Waals surface area contributed by atoms with Crippen molar-refractivity contribution in [2.24, 2.45) is 0 Å². The quantitative estimate of drug-likeness (QED) is 0.649. The van der Waals surface area contributed by atoms with E-state index in [0.717, 1.165) is 6.42 Å². The summed E-state index contributed by atoms with van der Waals surface area (Å²) in [4.78, 5) is 2.74. The predicted octanol–water partition coefficient (Wildman–Crippen LogP) is 3.95. The van der Waals surface area contributed by atoms with E-state index in [4.69, 9.17) is 11.6 Å². The van der Waals surface area contributed by atoms with Crippen LogP contribution >= 0.6 is 22.9 Å². The molecule has 1 heterocycles. The highest BCUT2D eigenvalue weighted by atomic mass is 35.5. The fraction of sp³-hybridized carbons (Fsp3) is 0.400. The lowest BCUT2D eigenvalue weighted by molar-refractivity contribution is 1.19. The number of alkyl halides is 1. The number of halogens is 1. The number of allylic oxidation sites excluding steroid dienone is 1. The summed E-state index contributed by atoms with van der Waals surface area (Å²) in [6.45, 7) is 4.23. The average molecular weight is 201 g/mol. The van der Waals surface area contributed by atoms with Crippen LogP contribution in [-0.4, -0.2) is 5.88 Å². The lowest BCUT2D eigenvalue weighted by Gasteiger charge is -1.90. The van der Waals surface area contributed by atoms with Crippen LogP contribution in [0.1, 0.15) is 23.6 Å². The van der Waals surface area contributed by atoms with Crippen molar-refractivity contribution in [1.29, 1.82) is 0 Å². The minimum atomic E-state index is 0.624. The van der Waals surface area contributed by atoms with Gasteiger partial charge < -0.3 is 0 Å². The van der Waals surface area contributed by atoms with Crippen molar-refractivity contribution in [3.63, 3.8) is 0 Å². The van der Waals surface area contributed by atoms with E-state index >= 15 is 0 Å². The second kappa shape index (κ2) is 4.68. The van der Waals surface area contributed by atoms with Crippen LogP contribution in [0, 0.1) is 0 Å². The van der Waals surface area contributed by atoms with E-state index in [2.05, 4.69) is 32.1 Å². The van der Waals surface area contributed by atoms with Crippen LogP contribution in [0.4, 0.5) is 0 Å². The highest BCUT2D eigenvalue weighted by Gasteiger charge is 1.95. The molecule has 0 radical (unpaired) electrons. The molecule has 0 unspecified atom stereocenters. The van der Waals surface area contributed by atoms with E-state index in [0.29, 0.717) is 5.88 Å². The van der Waals surface area contributed by atoms with E-state index in [1.165, 1.54) is 15.3 Å². The summed E-state index contributed by atoms with van der Waals surface area (Å²) in [5.74, 6) is 0.624. The topological polar surface area (TPSA) is 0 Å². The summed E-state index contributed by atoms with van der Waals surface area (Å²) in [6.07, 6.45) is 3.27. The Hall–Kier alpha value is -0.270. The maximum absolute atomic E-state index is 5.68. The Balaban J connectivity index is 2.76. The van der Waals surface area contributed by atoms with Crippen LogP contribution in [0.2, 0.25) is 0 Å². The third-order valence-corrected chi connectivity index (χ3v) is 3.23. The predicted molar refractivity (Wildman–Crippen MR) is 58.1 cm³/mol. The summed E-state index contributed by atoms with van der Waals surface area (Å²) < 4.78 is 0. The third-order valence-electron chi connectivity index (χ3n) is 1.63. The van der Waals surface area contributed by atoms with E-state index in [9.17, 15) is 0 Å². The van der Waals surface area contributed by atoms with Gasteiger partial charge in [-0.15, -0.1) is 22.9 Å². The average Bonchev–Trinajstić information content (AvgIpc) is 2.52. The number of thiophene rings is 1. The normalized spacial score (nSPS) is 12.1. The first-order chi connectivity index (χ1) is 5.76. The summed E-state index contributed by atoms with van der Waals surface area (Å²) in [5.41, 5.74) is 1.22. The molecule has 1 rings (SSSR count). The van der Waals surface area contributed by atoms with Gasteiger partial charge in [0.2, 0.25) is 0 Å². The van der Waals surface area contributed by atoms with Crippen LogP contribution in [0.15, 0.2) is 17.7 Å². The molecule has 0 N–H and O–H groups in total. The zero-order valence-corrected chi connectivity index (χ0v) is 9.00. The number of hydrogen-bond donors (Lipinski definition) is 0. The molecule has 66 valence electrons. The molecule has 2 heteroatoms. The molecular weight excluding hydrogens is 188 g/mol. The Morgan fingerprint density at radius 3 is 2.83 bits per heavy atom. The molecule has 0 bridgehead atoms. The molecule has 12 heavy (non-hydrogen) atoms. The largest absolute Gasteiger partial charge is 0.141 e. The Kier molecular flexibility index (Phi) is 3.83. The minimum Gasteiger partial charge on any atom is -0.141 e. The molecule has 0 fully saturated rings. The van der Waals surface area contributed by atoms with Gasteiger partial charge in [-0.3, -0.25) is 0 Å². The van der Waals surface area contributed by atoms with Crippen molar-refractivity contribution in [3.05, 3.63) is 27.5 Å². The minimum absolute atomic E-state index is 0.624. The van der Waals surface area contributed by atoms with Gasteiger partial charge >= 0.3 is 0 Å². The smallest absolute Gasteiger partial charge is 0.0434 e. The van der Waals surface area contributed by atoms with Gasteiger partial charge in [-0.2, -0.15) is 0 Å². The van der Waals surface area contributed by atoms with Crippen molar-refractivity contribution in [2.75, 3.05) is 5.88 Å². The zero-order valence-electron chi connectivity index (χ0n) is 7.43. The molecular formula is C10H13ClS. The van der Waals surface area contributed by atoms with Crippen molar-refractivity contribution in [3.8, 4) is 0 Å². The summed E-state index contributed by atoms with van der Waals surface area (Å²) in [5, 5.41) is 0. The van der Waals surface area contributed by atoms with Crippen molar-refractivity contribution in [2.45, 2.75) is 20.3 Å². The molecule has 0 aliphatic heterocycles. The molecule has 0 amide bonds.